The Balaban J connectivity index is 1.97. The van der Waals surface area contributed by atoms with E-state index in [4.69, 9.17) is 4.74 Å². The van der Waals surface area contributed by atoms with E-state index >= 15 is 0 Å². The highest BCUT2D eigenvalue weighted by Crippen LogP contribution is 2.21. The lowest BCUT2D eigenvalue weighted by Crippen LogP contribution is -2.47. The molecule has 0 aliphatic carbocycles. The lowest BCUT2D eigenvalue weighted by atomic mass is 10.0. The smallest absolute Gasteiger partial charge is 0.330 e. The monoisotopic (exact) mass is 454 g/mol. The summed E-state index contributed by atoms with van der Waals surface area (Å²) in [6.45, 7) is 7.72. The fraction of sp³-hybridized carbons (Fsp3) is 0.346. The maximum Gasteiger partial charge on any atom is 0.330 e. The van der Waals surface area contributed by atoms with Crippen molar-refractivity contribution in [3.63, 3.8) is 0 Å². The van der Waals surface area contributed by atoms with E-state index in [0.29, 0.717) is 11.1 Å². The molecular weight excluding hydrogens is 423 g/mol. The van der Waals surface area contributed by atoms with Crippen LogP contribution in [-0.4, -0.2) is 48.3 Å². The third kappa shape index (κ3) is 8.61. The molecule has 0 aromatic heterocycles. The van der Waals surface area contributed by atoms with E-state index in [9.17, 15) is 18.8 Å². The van der Waals surface area contributed by atoms with Crippen LogP contribution in [0.3, 0.4) is 0 Å². The van der Waals surface area contributed by atoms with Crippen LogP contribution in [0.25, 0.3) is 0 Å². The van der Waals surface area contributed by atoms with Gasteiger partial charge >= 0.3 is 5.97 Å². The molecule has 176 valence electrons. The molecule has 0 saturated carbocycles. The normalized spacial score (nSPS) is 12.6. The van der Waals surface area contributed by atoms with Gasteiger partial charge in [0.1, 0.15) is 18.5 Å². The third-order valence-electron chi connectivity index (χ3n) is 4.75. The number of carbonyl (C=O) groups is 3. The molecule has 1 amide bonds. The summed E-state index contributed by atoms with van der Waals surface area (Å²) in [5, 5.41) is 2.91. The Kier molecular flexibility index (Phi) is 9.05. The largest absolute Gasteiger partial charge is 0.461 e. The summed E-state index contributed by atoms with van der Waals surface area (Å²) < 4.78 is 19.0. The molecule has 2 aromatic rings. The number of benzene rings is 2. The van der Waals surface area contributed by atoms with Crippen molar-refractivity contribution >= 4 is 17.7 Å². The number of esters is 1. The number of halogens is 1. The van der Waals surface area contributed by atoms with Crippen molar-refractivity contribution in [2.75, 3.05) is 20.2 Å². The molecule has 1 atom stereocenters. The summed E-state index contributed by atoms with van der Waals surface area (Å²) in [7, 11) is 1.70. The minimum Gasteiger partial charge on any atom is -0.461 e. The van der Waals surface area contributed by atoms with Crippen LogP contribution >= 0.6 is 0 Å². The molecule has 0 bridgehead atoms. The average Bonchev–Trinajstić information content (AvgIpc) is 2.71. The van der Waals surface area contributed by atoms with Crippen molar-refractivity contribution in [2.45, 2.75) is 39.3 Å². The summed E-state index contributed by atoms with van der Waals surface area (Å²) in [6, 6.07) is 12.1. The molecule has 1 N–H and O–H groups in total. The van der Waals surface area contributed by atoms with Gasteiger partial charge in [-0.25, -0.2) is 9.18 Å². The molecule has 0 radical (unpaired) electrons. The fourth-order valence-corrected chi connectivity index (χ4v) is 3.15. The number of allylic oxidation sites excluding steroid dienone is 1. The van der Waals surface area contributed by atoms with Crippen LogP contribution in [0.15, 0.2) is 60.7 Å². The number of hydrogen-bond acceptors (Lipinski definition) is 5. The molecule has 0 spiro atoms. The summed E-state index contributed by atoms with van der Waals surface area (Å²) in [6.07, 6.45) is 2.25. The first-order valence-electron chi connectivity index (χ1n) is 10.7. The summed E-state index contributed by atoms with van der Waals surface area (Å²) in [4.78, 5) is 38.7. The Morgan fingerprint density at radius 1 is 1.09 bits per heavy atom. The van der Waals surface area contributed by atoms with Crippen LogP contribution in [-0.2, 0) is 14.3 Å². The molecule has 2 rings (SSSR count). The van der Waals surface area contributed by atoms with E-state index in [2.05, 4.69) is 5.32 Å². The van der Waals surface area contributed by atoms with E-state index in [1.807, 2.05) is 39.8 Å². The van der Waals surface area contributed by atoms with Crippen LogP contribution < -0.4 is 5.32 Å². The van der Waals surface area contributed by atoms with Gasteiger partial charge in [-0.05, 0) is 58.5 Å². The lowest BCUT2D eigenvalue weighted by Gasteiger charge is -2.31. The molecule has 7 heteroatoms. The minimum atomic E-state index is -0.766. The third-order valence-corrected chi connectivity index (χ3v) is 4.75. The van der Waals surface area contributed by atoms with Gasteiger partial charge in [0.05, 0.1) is 0 Å². The van der Waals surface area contributed by atoms with Crippen LogP contribution in [0.4, 0.5) is 4.39 Å². The summed E-state index contributed by atoms with van der Waals surface area (Å²) >= 11 is 0. The zero-order chi connectivity index (χ0) is 24.6. The number of nitrogens with one attached hydrogen (secondary N) is 1. The highest BCUT2D eigenvalue weighted by molar-refractivity contribution is 6.07. The molecule has 1 unspecified atom stereocenters. The van der Waals surface area contributed by atoms with Gasteiger partial charge in [-0.15, -0.1) is 0 Å². The van der Waals surface area contributed by atoms with Crippen molar-refractivity contribution in [2.24, 2.45) is 0 Å². The van der Waals surface area contributed by atoms with Crippen LogP contribution in [0.2, 0.25) is 0 Å². The van der Waals surface area contributed by atoms with E-state index in [0.717, 1.165) is 11.6 Å². The Morgan fingerprint density at radius 3 is 2.36 bits per heavy atom. The molecule has 0 aliphatic rings. The number of ketones is 1. The quantitative estimate of drug-likeness (QED) is 0.352. The zero-order valence-electron chi connectivity index (χ0n) is 19.7. The van der Waals surface area contributed by atoms with Gasteiger partial charge < -0.3 is 10.1 Å². The number of ether oxygens (including phenoxy) is 1. The molecule has 0 saturated heterocycles. The maximum atomic E-state index is 13.8. The van der Waals surface area contributed by atoms with Crippen molar-refractivity contribution in [1.29, 1.82) is 0 Å². The molecule has 0 aliphatic heterocycles. The minimum absolute atomic E-state index is 0.00694. The van der Waals surface area contributed by atoms with Crippen LogP contribution in [0.1, 0.15) is 48.3 Å². The first-order chi connectivity index (χ1) is 15.5. The number of likely N-dealkylation sites (N-methyl/N-ethyl adjacent to an activating group) is 1. The second-order valence-corrected chi connectivity index (χ2v) is 8.91. The van der Waals surface area contributed by atoms with Gasteiger partial charge in [0.2, 0.25) is 5.91 Å². The summed E-state index contributed by atoms with van der Waals surface area (Å²) in [5.74, 6) is -1.69. The Hall–Kier alpha value is -3.32. The van der Waals surface area contributed by atoms with Gasteiger partial charge in [-0.1, -0.05) is 42.0 Å². The SMILES string of the molecule is Cc1ccc(C(=O)C=CC(=O)OCCN(C)C(C(=O)NC(C)(C)C)c2cccc(F)c2)cc1. The predicted molar refractivity (Wildman–Crippen MR) is 125 cm³/mol. The zero-order valence-corrected chi connectivity index (χ0v) is 19.7. The van der Waals surface area contributed by atoms with Crippen molar-refractivity contribution in [3.8, 4) is 0 Å². The average molecular weight is 455 g/mol. The van der Waals surface area contributed by atoms with Crippen molar-refractivity contribution < 1.29 is 23.5 Å². The first kappa shape index (κ1) is 25.9. The first-order valence-corrected chi connectivity index (χ1v) is 10.7. The maximum absolute atomic E-state index is 13.8. The topological polar surface area (TPSA) is 75.7 Å². The Labute approximate surface area is 194 Å². The molecule has 2 aromatic carbocycles. The standard InChI is InChI=1S/C26H31FN2O4/c1-18-9-11-19(12-10-18)22(30)13-14-23(31)33-16-15-29(5)24(25(32)28-26(2,3)4)20-7-6-8-21(27)17-20/h6-14,17,24H,15-16H2,1-5H3,(H,28,32). The fourth-order valence-electron chi connectivity index (χ4n) is 3.15. The van der Waals surface area contributed by atoms with Crippen molar-refractivity contribution in [3.05, 3.63) is 83.2 Å². The second-order valence-electron chi connectivity index (χ2n) is 8.91. The molecule has 6 nitrogen and oxygen atoms in total. The lowest BCUT2D eigenvalue weighted by molar-refractivity contribution is -0.138. The highest BCUT2D eigenvalue weighted by atomic mass is 19.1. The number of carbonyl (C=O) groups excluding carboxylic acids is 3. The van der Waals surface area contributed by atoms with Crippen LogP contribution in [0.5, 0.6) is 0 Å². The highest BCUT2D eigenvalue weighted by Gasteiger charge is 2.28. The predicted octanol–water partition coefficient (Wildman–Crippen LogP) is 4.00. The summed E-state index contributed by atoms with van der Waals surface area (Å²) in [5.41, 5.74) is 1.54. The number of aryl methyl sites for hydroxylation is 1. The molecule has 0 heterocycles. The van der Waals surface area contributed by atoms with Gasteiger partial charge in [0, 0.05) is 23.7 Å². The molecular formula is C26H31FN2O4. The van der Waals surface area contributed by atoms with Gasteiger partial charge in [-0.3, -0.25) is 14.5 Å². The molecule has 0 fully saturated rings. The Bertz CT molecular complexity index is 1010. The van der Waals surface area contributed by atoms with E-state index in [-0.39, 0.29) is 24.8 Å². The van der Waals surface area contributed by atoms with Crippen molar-refractivity contribution in [1.82, 2.24) is 10.2 Å². The molecule has 33 heavy (non-hydrogen) atoms. The van der Waals surface area contributed by atoms with Gasteiger partial charge in [0.15, 0.2) is 5.78 Å². The van der Waals surface area contributed by atoms with Gasteiger partial charge in [0.25, 0.3) is 0 Å². The number of nitrogens with zero attached hydrogens (tertiary/aromatic N) is 1. The van der Waals surface area contributed by atoms with Crippen LogP contribution in [0, 0.1) is 12.7 Å². The van der Waals surface area contributed by atoms with E-state index in [1.54, 1.807) is 36.2 Å². The van der Waals surface area contributed by atoms with Gasteiger partial charge in [-0.2, -0.15) is 0 Å². The van der Waals surface area contributed by atoms with E-state index < -0.39 is 23.4 Å². The number of amides is 1. The number of hydrogen-bond donors (Lipinski definition) is 1. The van der Waals surface area contributed by atoms with E-state index in [1.165, 1.54) is 18.2 Å². The second kappa shape index (κ2) is 11.5. The Morgan fingerprint density at radius 2 is 1.76 bits per heavy atom. The number of rotatable bonds is 9.